The van der Waals surface area contributed by atoms with E-state index in [9.17, 15) is 8.42 Å². The van der Waals surface area contributed by atoms with E-state index in [0.717, 1.165) is 6.42 Å². The molecule has 1 unspecified atom stereocenters. The van der Waals surface area contributed by atoms with E-state index in [1.54, 1.807) is 18.2 Å². The second kappa shape index (κ2) is 7.79. The van der Waals surface area contributed by atoms with Crippen molar-refractivity contribution in [3.05, 3.63) is 66.2 Å². The van der Waals surface area contributed by atoms with Gasteiger partial charge in [0, 0.05) is 6.04 Å². The highest BCUT2D eigenvalue weighted by Gasteiger charge is 2.05. The highest BCUT2D eigenvalue weighted by Crippen LogP contribution is 2.05. The summed E-state index contributed by atoms with van der Waals surface area (Å²) in [6.07, 6.45) is 0.973. The lowest BCUT2D eigenvalue weighted by molar-refractivity contribution is 0.483. The molecular weight excluding hydrogens is 274 g/mol. The molecule has 2 aromatic carbocycles. The standard InChI is InChI=1S/C9H13N.C6H6O3S/c1-8(10)7-9-5-3-2-4-6-9;7-10(8,9)6-4-2-1-3-5-6/h2-6,8H,7,10H2,1H3;1-5H,(H,7,8,9). The summed E-state index contributed by atoms with van der Waals surface area (Å²) >= 11 is 0. The second-order valence-corrected chi connectivity index (χ2v) is 5.88. The zero-order chi connectivity index (χ0) is 15.0. The minimum Gasteiger partial charge on any atom is -0.328 e. The van der Waals surface area contributed by atoms with Gasteiger partial charge < -0.3 is 5.73 Å². The minimum atomic E-state index is -4.00. The first kappa shape index (κ1) is 16.4. The Balaban J connectivity index is 0.000000200. The van der Waals surface area contributed by atoms with Crippen molar-refractivity contribution in [3.8, 4) is 0 Å². The van der Waals surface area contributed by atoms with Crippen LogP contribution in [0.4, 0.5) is 0 Å². The SMILES string of the molecule is CC(N)Cc1ccccc1.O=S(=O)(O)c1ccccc1. The molecule has 0 heterocycles. The molecule has 2 aromatic rings. The summed E-state index contributed by atoms with van der Waals surface area (Å²) in [6, 6.07) is 18.0. The summed E-state index contributed by atoms with van der Waals surface area (Å²) in [5.74, 6) is 0. The van der Waals surface area contributed by atoms with Crippen LogP contribution in [0.2, 0.25) is 0 Å². The first-order valence-corrected chi connectivity index (χ1v) is 7.65. The van der Waals surface area contributed by atoms with Crippen molar-refractivity contribution >= 4 is 10.1 Å². The lowest BCUT2D eigenvalue weighted by atomic mass is 10.1. The van der Waals surface area contributed by atoms with Crippen LogP contribution in [0.3, 0.4) is 0 Å². The number of benzene rings is 2. The Kier molecular flexibility index (Phi) is 6.38. The molecule has 20 heavy (non-hydrogen) atoms. The van der Waals surface area contributed by atoms with Gasteiger partial charge in [-0.2, -0.15) is 8.42 Å². The van der Waals surface area contributed by atoms with Gasteiger partial charge in [0.2, 0.25) is 0 Å². The third-order valence-electron chi connectivity index (χ3n) is 2.44. The Morgan fingerprint density at radius 3 is 1.80 bits per heavy atom. The fraction of sp³-hybridized carbons (Fsp3) is 0.200. The average Bonchev–Trinajstić information content (AvgIpc) is 2.40. The van der Waals surface area contributed by atoms with Gasteiger partial charge >= 0.3 is 0 Å². The van der Waals surface area contributed by atoms with Gasteiger partial charge in [-0.25, -0.2) is 0 Å². The number of hydrogen-bond donors (Lipinski definition) is 2. The highest BCUT2D eigenvalue weighted by atomic mass is 32.2. The maximum atomic E-state index is 10.4. The van der Waals surface area contributed by atoms with Crippen molar-refractivity contribution in [1.29, 1.82) is 0 Å². The van der Waals surface area contributed by atoms with Crippen LogP contribution < -0.4 is 5.73 Å². The largest absolute Gasteiger partial charge is 0.328 e. The van der Waals surface area contributed by atoms with Crippen LogP contribution in [0.1, 0.15) is 12.5 Å². The predicted octanol–water partition coefficient (Wildman–Crippen LogP) is 2.51. The van der Waals surface area contributed by atoms with E-state index in [4.69, 9.17) is 10.3 Å². The predicted molar refractivity (Wildman–Crippen MR) is 80.1 cm³/mol. The van der Waals surface area contributed by atoms with E-state index < -0.39 is 10.1 Å². The fourth-order valence-electron chi connectivity index (χ4n) is 1.58. The molecule has 0 aromatic heterocycles. The Morgan fingerprint density at radius 2 is 1.45 bits per heavy atom. The Morgan fingerprint density at radius 1 is 1.00 bits per heavy atom. The number of rotatable bonds is 3. The summed E-state index contributed by atoms with van der Waals surface area (Å²) < 4.78 is 29.2. The second-order valence-electron chi connectivity index (χ2n) is 4.46. The third kappa shape index (κ3) is 6.47. The molecule has 1 atom stereocenters. The molecule has 0 aliphatic heterocycles. The topological polar surface area (TPSA) is 80.4 Å². The van der Waals surface area contributed by atoms with Crippen molar-refractivity contribution in [1.82, 2.24) is 0 Å². The Labute approximate surface area is 120 Å². The molecule has 0 fully saturated rings. The molecule has 0 aliphatic rings. The minimum absolute atomic E-state index is 0.0741. The summed E-state index contributed by atoms with van der Waals surface area (Å²) in [5.41, 5.74) is 6.94. The van der Waals surface area contributed by atoms with Crippen LogP contribution in [-0.2, 0) is 16.5 Å². The molecule has 0 amide bonds. The molecule has 3 N–H and O–H groups in total. The molecule has 0 spiro atoms. The maximum absolute atomic E-state index is 10.4. The summed E-state index contributed by atoms with van der Waals surface area (Å²) in [5, 5.41) is 0. The van der Waals surface area contributed by atoms with Crippen LogP contribution >= 0.6 is 0 Å². The van der Waals surface area contributed by atoms with Crippen LogP contribution in [0.15, 0.2) is 65.6 Å². The Hall–Kier alpha value is -1.69. The van der Waals surface area contributed by atoms with E-state index in [0.29, 0.717) is 0 Å². The van der Waals surface area contributed by atoms with Crippen molar-refractivity contribution in [2.75, 3.05) is 0 Å². The molecule has 4 nitrogen and oxygen atoms in total. The monoisotopic (exact) mass is 293 g/mol. The van der Waals surface area contributed by atoms with E-state index >= 15 is 0 Å². The van der Waals surface area contributed by atoms with E-state index in [1.807, 2.05) is 25.1 Å². The molecule has 0 radical (unpaired) electrons. The zero-order valence-electron chi connectivity index (χ0n) is 11.3. The Bertz CT molecular complexity index is 596. The maximum Gasteiger partial charge on any atom is 0.294 e. The van der Waals surface area contributed by atoms with Gasteiger partial charge in [-0.05, 0) is 31.0 Å². The van der Waals surface area contributed by atoms with Crippen molar-refractivity contribution in [2.45, 2.75) is 24.3 Å². The fourth-order valence-corrected chi connectivity index (χ4v) is 2.08. The van der Waals surface area contributed by atoms with Crippen LogP contribution in [0, 0.1) is 0 Å². The van der Waals surface area contributed by atoms with E-state index in [1.165, 1.54) is 17.7 Å². The van der Waals surface area contributed by atoms with Crippen LogP contribution in [0.25, 0.3) is 0 Å². The summed E-state index contributed by atoms with van der Waals surface area (Å²) in [6.45, 7) is 2.02. The van der Waals surface area contributed by atoms with Gasteiger partial charge in [0.1, 0.15) is 0 Å². The third-order valence-corrected chi connectivity index (χ3v) is 3.31. The number of hydrogen-bond acceptors (Lipinski definition) is 3. The van der Waals surface area contributed by atoms with Crippen molar-refractivity contribution in [2.24, 2.45) is 5.73 Å². The molecule has 0 bridgehead atoms. The smallest absolute Gasteiger partial charge is 0.294 e. The molecule has 0 saturated heterocycles. The summed E-state index contributed by atoms with van der Waals surface area (Å²) in [4.78, 5) is -0.0741. The van der Waals surface area contributed by atoms with Gasteiger partial charge in [-0.1, -0.05) is 48.5 Å². The van der Waals surface area contributed by atoms with Crippen molar-refractivity contribution in [3.63, 3.8) is 0 Å². The average molecular weight is 293 g/mol. The first-order chi connectivity index (χ1) is 9.39. The molecular formula is C15H19NO3S. The van der Waals surface area contributed by atoms with E-state index in [-0.39, 0.29) is 10.9 Å². The lowest BCUT2D eigenvalue weighted by Crippen LogP contribution is -2.17. The van der Waals surface area contributed by atoms with Gasteiger partial charge in [0.15, 0.2) is 0 Å². The van der Waals surface area contributed by atoms with Gasteiger partial charge in [-0.15, -0.1) is 0 Å². The molecule has 0 saturated carbocycles. The molecule has 2 rings (SSSR count). The van der Waals surface area contributed by atoms with Crippen molar-refractivity contribution < 1.29 is 13.0 Å². The van der Waals surface area contributed by atoms with Crippen LogP contribution in [-0.4, -0.2) is 19.0 Å². The zero-order valence-corrected chi connectivity index (χ0v) is 12.1. The molecule has 0 aliphatic carbocycles. The van der Waals surface area contributed by atoms with E-state index in [2.05, 4.69) is 12.1 Å². The van der Waals surface area contributed by atoms with Gasteiger partial charge in [0.05, 0.1) is 4.90 Å². The highest BCUT2D eigenvalue weighted by molar-refractivity contribution is 7.85. The lowest BCUT2D eigenvalue weighted by Gasteiger charge is -2.02. The normalized spacial score (nSPS) is 12.2. The number of nitrogens with two attached hydrogens (primary N) is 1. The van der Waals surface area contributed by atoms with Gasteiger partial charge in [-0.3, -0.25) is 4.55 Å². The molecule has 108 valence electrons. The first-order valence-electron chi connectivity index (χ1n) is 6.21. The summed E-state index contributed by atoms with van der Waals surface area (Å²) in [7, 11) is -4.00. The van der Waals surface area contributed by atoms with Gasteiger partial charge in [0.25, 0.3) is 10.1 Å². The van der Waals surface area contributed by atoms with Crippen LogP contribution in [0.5, 0.6) is 0 Å². The molecule has 5 heteroatoms. The quantitative estimate of drug-likeness (QED) is 0.852.